The molecule has 0 aromatic carbocycles. The summed E-state index contributed by atoms with van der Waals surface area (Å²) in [5.74, 6) is -1.40. The Balaban J connectivity index is 1.96. The van der Waals surface area contributed by atoms with E-state index in [1.165, 1.54) is 0 Å². The number of rotatable bonds is 3. The van der Waals surface area contributed by atoms with E-state index in [0.29, 0.717) is 29.8 Å². The molecule has 2 aromatic heterocycles. The van der Waals surface area contributed by atoms with Crippen LogP contribution in [-0.2, 0) is 12.4 Å². The summed E-state index contributed by atoms with van der Waals surface area (Å²) in [5.41, 5.74) is -3.19. The Morgan fingerprint density at radius 1 is 1.04 bits per heavy atom. The summed E-state index contributed by atoms with van der Waals surface area (Å²) in [6.07, 6.45) is -5.35. The third-order valence-electron chi connectivity index (χ3n) is 4.26. The van der Waals surface area contributed by atoms with Crippen LogP contribution >= 0.6 is 0 Å². The fourth-order valence-electron chi connectivity index (χ4n) is 2.97. The highest BCUT2D eigenvalue weighted by Gasteiger charge is 2.41. The van der Waals surface area contributed by atoms with Gasteiger partial charge in [0, 0.05) is 12.2 Å². The molecule has 5 nitrogen and oxygen atoms in total. The van der Waals surface area contributed by atoms with Crippen molar-refractivity contribution in [3.8, 4) is 5.82 Å². The van der Waals surface area contributed by atoms with E-state index in [2.05, 4.69) is 15.4 Å². The number of carbonyl (C=O) groups excluding carboxylic acids is 1. The highest BCUT2D eigenvalue weighted by Crippen LogP contribution is 2.34. The normalized spacial score (nSPS) is 15.9. The third kappa shape index (κ3) is 4.06. The number of hydrogen-bond acceptors (Lipinski definition) is 3. The highest BCUT2D eigenvalue weighted by molar-refractivity contribution is 5.95. The van der Waals surface area contributed by atoms with Gasteiger partial charge in [-0.05, 0) is 25.0 Å². The molecule has 0 aliphatic heterocycles. The van der Waals surface area contributed by atoms with E-state index in [1.54, 1.807) is 0 Å². The SMILES string of the molecule is O=C(NC1CCCC1)c1cnn(-c2ccc(C(F)(F)F)cn2)c1C(F)(F)F. The van der Waals surface area contributed by atoms with Gasteiger partial charge in [0.05, 0.1) is 17.3 Å². The molecule has 27 heavy (non-hydrogen) atoms. The van der Waals surface area contributed by atoms with E-state index in [0.717, 1.165) is 25.1 Å². The van der Waals surface area contributed by atoms with E-state index in [9.17, 15) is 31.1 Å². The Labute approximate surface area is 149 Å². The van der Waals surface area contributed by atoms with Gasteiger partial charge in [-0.15, -0.1) is 0 Å². The first-order valence-electron chi connectivity index (χ1n) is 8.07. The molecule has 146 valence electrons. The quantitative estimate of drug-likeness (QED) is 0.804. The monoisotopic (exact) mass is 392 g/mol. The summed E-state index contributed by atoms with van der Waals surface area (Å²) in [7, 11) is 0. The first-order chi connectivity index (χ1) is 12.6. The van der Waals surface area contributed by atoms with Crippen molar-refractivity contribution in [2.75, 3.05) is 0 Å². The molecular formula is C16H14F6N4O. The minimum absolute atomic E-state index is 0.203. The lowest BCUT2D eigenvalue weighted by molar-refractivity contribution is -0.143. The summed E-state index contributed by atoms with van der Waals surface area (Å²) in [4.78, 5) is 15.7. The summed E-state index contributed by atoms with van der Waals surface area (Å²) >= 11 is 0. The average molecular weight is 392 g/mol. The minimum atomic E-state index is -4.96. The lowest BCUT2D eigenvalue weighted by Crippen LogP contribution is -2.34. The van der Waals surface area contributed by atoms with Gasteiger partial charge in [-0.1, -0.05) is 12.8 Å². The van der Waals surface area contributed by atoms with E-state index in [1.807, 2.05) is 0 Å². The zero-order chi connectivity index (χ0) is 19.8. The summed E-state index contributed by atoms with van der Waals surface area (Å²) in [5, 5.41) is 6.07. The second-order valence-corrected chi connectivity index (χ2v) is 6.17. The van der Waals surface area contributed by atoms with Crippen LogP contribution in [0.2, 0.25) is 0 Å². The molecule has 11 heteroatoms. The van der Waals surface area contributed by atoms with Gasteiger partial charge in [0.1, 0.15) is 0 Å². The van der Waals surface area contributed by atoms with Crippen LogP contribution in [0.15, 0.2) is 24.5 Å². The van der Waals surface area contributed by atoms with Gasteiger partial charge in [0.25, 0.3) is 5.91 Å². The second-order valence-electron chi connectivity index (χ2n) is 6.17. The Bertz CT molecular complexity index is 819. The van der Waals surface area contributed by atoms with Crippen molar-refractivity contribution in [2.45, 2.75) is 44.1 Å². The summed E-state index contributed by atoms with van der Waals surface area (Å²) in [6.45, 7) is 0. The number of aromatic nitrogens is 3. The number of alkyl halides is 6. The molecule has 0 bridgehead atoms. The molecule has 1 aliphatic carbocycles. The Morgan fingerprint density at radius 2 is 1.70 bits per heavy atom. The number of amides is 1. The predicted molar refractivity (Wildman–Crippen MR) is 81.1 cm³/mol. The molecule has 0 unspecified atom stereocenters. The number of nitrogens with one attached hydrogen (secondary N) is 1. The Kier molecular flexibility index (Phi) is 4.87. The van der Waals surface area contributed by atoms with Gasteiger partial charge in [-0.2, -0.15) is 31.4 Å². The van der Waals surface area contributed by atoms with Crippen molar-refractivity contribution in [1.82, 2.24) is 20.1 Å². The fraction of sp³-hybridized carbons (Fsp3) is 0.438. The molecule has 2 aromatic rings. The molecule has 1 saturated carbocycles. The largest absolute Gasteiger partial charge is 0.434 e. The number of halogens is 6. The van der Waals surface area contributed by atoms with Gasteiger partial charge >= 0.3 is 12.4 Å². The first-order valence-corrected chi connectivity index (χ1v) is 8.07. The van der Waals surface area contributed by atoms with E-state index < -0.39 is 40.9 Å². The maximum absolute atomic E-state index is 13.5. The smallest absolute Gasteiger partial charge is 0.349 e. The molecular weight excluding hydrogens is 378 g/mol. The average Bonchev–Trinajstić information content (AvgIpc) is 3.22. The molecule has 0 atom stereocenters. The van der Waals surface area contributed by atoms with E-state index >= 15 is 0 Å². The molecule has 0 radical (unpaired) electrons. The maximum atomic E-state index is 13.5. The number of nitrogens with zero attached hydrogens (tertiary/aromatic N) is 3. The molecule has 1 fully saturated rings. The van der Waals surface area contributed by atoms with Crippen molar-refractivity contribution < 1.29 is 31.1 Å². The Morgan fingerprint density at radius 3 is 2.22 bits per heavy atom. The fourth-order valence-corrected chi connectivity index (χ4v) is 2.97. The second kappa shape index (κ2) is 6.86. The van der Waals surface area contributed by atoms with Crippen molar-refractivity contribution in [3.05, 3.63) is 41.3 Å². The van der Waals surface area contributed by atoms with Crippen molar-refractivity contribution in [1.29, 1.82) is 0 Å². The maximum Gasteiger partial charge on any atom is 0.434 e. The van der Waals surface area contributed by atoms with Gasteiger partial charge in [-0.25, -0.2) is 9.67 Å². The molecule has 1 amide bonds. The van der Waals surface area contributed by atoms with Crippen LogP contribution in [0.25, 0.3) is 5.82 Å². The number of hydrogen-bond donors (Lipinski definition) is 1. The molecule has 2 heterocycles. The Hall–Kier alpha value is -2.59. The van der Waals surface area contributed by atoms with Crippen LogP contribution in [0, 0.1) is 0 Å². The molecule has 0 saturated heterocycles. The zero-order valence-electron chi connectivity index (χ0n) is 13.7. The lowest BCUT2D eigenvalue weighted by atomic mass is 10.2. The molecule has 1 N–H and O–H groups in total. The van der Waals surface area contributed by atoms with Crippen LogP contribution in [0.5, 0.6) is 0 Å². The van der Waals surface area contributed by atoms with Crippen LogP contribution in [-0.4, -0.2) is 26.7 Å². The third-order valence-corrected chi connectivity index (χ3v) is 4.26. The molecule has 0 spiro atoms. The number of carbonyl (C=O) groups is 1. The summed E-state index contributed by atoms with van der Waals surface area (Å²) < 4.78 is 78.7. The molecule has 3 rings (SSSR count). The van der Waals surface area contributed by atoms with Crippen LogP contribution in [0.1, 0.15) is 47.3 Å². The van der Waals surface area contributed by atoms with Crippen LogP contribution < -0.4 is 5.32 Å². The standard InChI is InChI=1S/C16H14F6N4O/c17-15(18,19)9-5-6-12(23-7-9)26-13(16(20,21)22)11(8-24-26)14(27)25-10-3-1-2-4-10/h5-8,10H,1-4H2,(H,25,27). The van der Waals surface area contributed by atoms with Gasteiger partial charge < -0.3 is 5.32 Å². The van der Waals surface area contributed by atoms with Gasteiger partial charge in [-0.3, -0.25) is 4.79 Å². The van der Waals surface area contributed by atoms with Crippen molar-refractivity contribution in [3.63, 3.8) is 0 Å². The lowest BCUT2D eigenvalue weighted by Gasteiger charge is -2.15. The van der Waals surface area contributed by atoms with E-state index in [4.69, 9.17) is 0 Å². The molecule has 1 aliphatic rings. The van der Waals surface area contributed by atoms with E-state index in [-0.39, 0.29) is 6.04 Å². The van der Waals surface area contributed by atoms with Gasteiger partial charge in [0.2, 0.25) is 0 Å². The highest BCUT2D eigenvalue weighted by atomic mass is 19.4. The topological polar surface area (TPSA) is 59.8 Å². The van der Waals surface area contributed by atoms with Gasteiger partial charge in [0.15, 0.2) is 11.5 Å². The number of pyridine rings is 1. The predicted octanol–water partition coefficient (Wildman–Crippen LogP) is 3.98. The minimum Gasteiger partial charge on any atom is -0.349 e. The van der Waals surface area contributed by atoms with Crippen molar-refractivity contribution in [2.24, 2.45) is 0 Å². The van der Waals surface area contributed by atoms with Crippen LogP contribution in [0.4, 0.5) is 26.3 Å². The summed E-state index contributed by atoms with van der Waals surface area (Å²) in [6, 6.07) is 1.16. The van der Waals surface area contributed by atoms with Crippen LogP contribution in [0.3, 0.4) is 0 Å². The van der Waals surface area contributed by atoms with Crippen molar-refractivity contribution >= 4 is 5.91 Å². The zero-order valence-corrected chi connectivity index (χ0v) is 13.7. The first kappa shape index (κ1) is 19.2.